The molecule has 0 aromatic carbocycles. The molecule has 4 saturated carbocycles. The second kappa shape index (κ2) is 3.84. The Morgan fingerprint density at radius 2 is 1.17 bits per heavy atom. The van der Waals surface area contributed by atoms with Gasteiger partial charge in [0.15, 0.2) is 5.11 Å². The Kier molecular flexibility index (Phi) is 2.46. The van der Waals surface area contributed by atoms with Crippen LogP contribution in [0.2, 0.25) is 0 Å². The molecule has 0 radical (unpaired) electrons. The van der Waals surface area contributed by atoms with Crippen LogP contribution in [0.4, 0.5) is 0 Å². The summed E-state index contributed by atoms with van der Waals surface area (Å²) in [5.41, 5.74) is 0.754. The maximum Gasteiger partial charge on any atom is 0.167 e. The second-order valence-corrected chi connectivity index (χ2v) is 7.84. The lowest BCUT2D eigenvalue weighted by Gasteiger charge is -2.35. The van der Waals surface area contributed by atoms with Crippen molar-refractivity contribution in [1.82, 2.24) is 10.6 Å². The van der Waals surface area contributed by atoms with Crippen LogP contribution < -0.4 is 10.6 Å². The lowest BCUT2D eigenvalue weighted by atomic mass is 9.93. The molecule has 0 aromatic rings. The molecule has 100 valence electrons. The minimum atomic E-state index is 0.377. The third-order valence-electron chi connectivity index (χ3n) is 6.24. The summed E-state index contributed by atoms with van der Waals surface area (Å²) in [6, 6.07) is 0. The highest BCUT2D eigenvalue weighted by molar-refractivity contribution is 7.80. The fraction of sp³-hybridized carbons (Fsp3) is 0.933. The molecular formula is C15H24N2S. The predicted molar refractivity (Wildman–Crippen MR) is 77.5 cm³/mol. The Labute approximate surface area is 115 Å². The molecule has 4 aliphatic rings. The van der Waals surface area contributed by atoms with Gasteiger partial charge in [0, 0.05) is 11.1 Å². The highest BCUT2D eigenvalue weighted by atomic mass is 32.1. The Hall–Kier alpha value is -0.310. The van der Waals surface area contributed by atoms with E-state index in [2.05, 4.69) is 10.6 Å². The highest BCUT2D eigenvalue weighted by Crippen LogP contribution is 2.49. The molecule has 2 nitrogen and oxygen atoms in total. The highest BCUT2D eigenvalue weighted by Gasteiger charge is 2.48. The van der Waals surface area contributed by atoms with Crippen LogP contribution in [-0.4, -0.2) is 16.2 Å². The summed E-state index contributed by atoms with van der Waals surface area (Å²) in [6.07, 6.45) is 13.8. The molecule has 2 N–H and O–H groups in total. The second-order valence-electron chi connectivity index (χ2n) is 7.43. The molecule has 0 heterocycles. The van der Waals surface area contributed by atoms with Gasteiger partial charge in [0.1, 0.15) is 0 Å². The van der Waals surface area contributed by atoms with Gasteiger partial charge in [-0.25, -0.2) is 0 Å². The fourth-order valence-electron chi connectivity index (χ4n) is 5.25. The Morgan fingerprint density at radius 1 is 0.778 bits per heavy atom. The molecule has 0 unspecified atom stereocenters. The van der Waals surface area contributed by atoms with Crippen LogP contribution in [-0.2, 0) is 0 Å². The molecule has 0 spiro atoms. The van der Waals surface area contributed by atoms with E-state index in [9.17, 15) is 0 Å². The first-order chi connectivity index (χ1) is 8.67. The first kappa shape index (κ1) is 11.5. The van der Waals surface area contributed by atoms with Crippen molar-refractivity contribution in [2.45, 2.75) is 75.3 Å². The summed E-state index contributed by atoms with van der Waals surface area (Å²) in [5, 5.41) is 8.38. The van der Waals surface area contributed by atoms with E-state index in [1.165, 1.54) is 64.2 Å². The van der Waals surface area contributed by atoms with E-state index in [-0.39, 0.29) is 0 Å². The molecule has 4 rings (SSSR count). The van der Waals surface area contributed by atoms with Crippen molar-refractivity contribution in [1.29, 1.82) is 0 Å². The lowest BCUT2D eigenvalue weighted by Crippen LogP contribution is -2.55. The van der Waals surface area contributed by atoms with E-state index in [4.69, 9.17) is 12.2 Å². The number of thiocarbonyl (C=S) groups is 1. The van der Waals surface area contributed by atoms with Crippen LogP contribution in [0.25, 0.3) is 0 Å². The monoisotopic (exact) mass is 264 g/mol. The summed E-state index contributed by atoms with van der Waals surface area (Å²) in [5.74, 6) is 1.97. The van der Waals surface area contributed by atoms with Crippen molar-refractivity contribution < 1.29 is 0 Å². The van der Waals surface area contributed by atoms with Crippen LogP contribution >= 0.6 is 12.2 Å². The summed E-state index contributed by atoms with van der Waals surface area (Å²) in [6.45, 7) is 0. The number of rotatable bonds is 2. The Bertz CT molecular complexity index is 329. The van der Waals surface area contributed by atoms with Gasteiger partial charge in [-0.1, -0.05) is 0 Å². The normalized spacial score (nSPS) is 48.7. The minimum Gasteiger partial charge on any atom is -0.357 e. The van der Waals surface area contributed by atoms with Crippen LogP contribution in [0.15, 0.2) is 0 Å². The summed E-state index contributed by atoms with van der Waals surface area (Å²) in [4.78, 5) is 0. The van der Waals surface area contributed by atoms with Gasteiger partial charge in [0.25, 0.3) is 0 Å². The van der Waals surface area contributed by atoms with Crippen LogP contribution in [0, 0.1) is 11.8 Å². The van der Waals surface area contributed by atoms with E-state index in [0.29, 0.717) is 11.1 Å². The lowest BCUT2D eigenvalue weighted by molar-refractivity contribution is 0.350. The van der Waals surface area contributed by atoms with Gasteiger partial charge >= 0.3 is 0 Å². The molecule has 4 aliphatic carbocycles. The maximum absolute atomic E-state index is 5.62. The maximum atomic E-state index is 5.62. The smallest absolute Gasteiger partial charge is 0.167 e. The standard InChI is InChI=1S/C15H24N2S/c18-13(16-14-5-1-11(9-14)2-6-14)17-15-7-3-12(10-15)4-8-15/h11-12H,1-10H2,(H2,16,17,18). The molecule has 3 heteroatoms. The third kappa shape index (κ3) is 1.77. The number of fused-ring (bicyclic) bond motifs is 4. The first-order valence-electron chi connectivity index (χ1n) is 7.77. The average molecular weight is 264 g/mol. The van der Waals surface area contributed by atoms with E-state index in [1.807, 2.05) is 0 Å². The summed E-state index contributed by atoms with van der Waals surface area (Å²) >= 11 is 5.62. The quantitative estimate of drug-likeness (QED) is 0.749. The molecule has 0 aliphatic heterocycles. The number of hydrogen-bond acceptors (Lipinski definition) is 1. The Balaban J connectivity index is 1.39. The van der Waals surface area contributed by atoms with Crippen molar-refractivity contribution >= 4 is 17.3 Å². The predicted octanol–water partition coefficient (Wildman–Crippen LogP) is 3.12. The fourth-order valence-corrected chi connectivity index (χ4v) is 5.68. The van der Waals surface area contributed by atoms with Gasteiger partial charge in [0.2, 0.25) is 0 Å². The molecule has 4 bridgehead atoms. The minimum absolute atomic E-state index is 0.377. The molecule has 0 amide bonds. The van der Waals surface area contributed by atoms with Gasteiger partial charge in [-0.3, -0.25) is 0 Å². The van der Waals surface area contributed by atoms with Crippen molar-refractivity contribution in [3.63, 3.8) is 0 Å². The summed E-state index contributed by atoms with van der Waals surface area (Å²) < 4.78 is 0. The van der Waals surface area contributed by atoms with Gasteiger partial charge in [-0.05, 0) is 88.3 Å². The SMILES string of the molecule is S=C(NC12CCC(CC1)C2)NC12CCC(CC1)C2. The Morgan fingerprint density at radius 3 is 1.44 bits per heavy atom. The van der Waals surface area contributed by atoms with Crippen molar-refractivity contribution in [2.75, 3.05) is 0 Å². The van der Waals surface area contributed by atoms with Gasteiger partial charge in [-0.15, -0.1) is 0 Å². The largest absolute Gasteiger partial charge is 0.357 e. The van der Waals surface area contributed by atoms with E-state index in [1.54, 1.807) is 0 Å². The molecule has 18 heavy (non-hydrogen) atoms. The van der Waals surface area contributed by atoms with Crippen molar-refractivity contribution in [3.8, 4) is 0 Å². The topological polar surface area (TPSA) is 24.1 Å². The molecule has 0 aromatic heterocycles. The van der Waals surface area contributed by atoms with Gasteiger partial charge < -0.3 is 10.6 Å². The number of hydrogen-bond donors (Lipinski definition) is 2. The van der Waals surface area contributed by atoms with E-state index >= 15 is 0 Å². The molecular weight excluding hydrogens is 240 g/mol. The number of nitrogens with one attached hydrogen (secondary N) is 2. The zero-order chi connectivity index (χ0) is 12.2. The molecule has 0 saturated heterocycles. The van der Waals surface area contributed by atoms with E-state index in [0.717, 1.165) is 16.9 Å². The summed E-state index contributed by atoms with van der Waals surface area (Å²) in [7, 11) is 0. The molecule has 4 fully saturated rings. The van der Waals surface area contributed by atoms with Crippen LogP contribution in [0.5, 0.6) is 0 Å². The van der Waals surface area contributed by atoms with Gasteiger partial charge in [-0.2, -0.15) is 0 Å². The zero-order valence-electron chi connectivity index (χ0n) is 11.1. The van der Waals surface area contributed by atoms with Crippen molar-refractivity contribution in [3.05, 3.63) is 0 Å². The van der Waals surface area contributed by atoms with Gasteiger partial charge in [0.05, 0.1) is 0 Å². The van der Waals surface area contributed by atoms with Crippen LogP contribution in [0.3, 0.4) is 0 Å². The first-order valence-corrected chi connectivity index (χ1v) is 8.18. The zero-order valence-corrected chi connectivity index (χ0v) is 12.0. The average Bonchev–Trinajstić information content (AvgIpc) is 3.06. The third-order valence-corrected chi connectivity index (χ3v) is 6.44. The van der Waals surface area contributed by atoms with E-state index < -0.39 is 0 Å². The molecule has 0 atom stereocenters. The van der Waals surface area contributed by atoms with Crippen molar-refractivity contribution in [2.24, 2.45) is 11.8 Å². The van der Waals surface area contributed by atoms with Crippen LogP contribution in [0.1, 0.15) is 64.2 Å².